The summed E-state index contributed by atoms with van der Waals surface area (Å²) in [6.07, 6.45) is 3.65. The molecule has 0 spiro atoms. The first-order valence-corrected chi connectivity index (χ1v) is 3.69. The Hall–Kier alpha value is -1.29. The molecule has 0 amide bonds. The van der Waals surface area contributed by atoms with Gasteiger partial charge in [-0.15, -0.1) is 0 Å². The van der Waals surface area contributed by atoms with Crippen LogP contribution >= 0.6 is 0 Å². The van der Waals surface area contributed by atoms with Gasteiger partial charge < -0.3 is 15.4 Å². The fourth-order valence-electron chi connectivity index (χ4n) is 1.05. The molecule has 0 saturated carbocycles. The molecule has 1 aromatic rings. The lowest BCUT2D eigenvalue weighted by Crippen LogP contribution is -2.14. The number of carboxylic acids is 1. The summed E-state index contributed by atoms with van der Waals surface area (Å²) in [5.74, 6) is -0.869. The third-order valence-electron chi connectivity index (χ3n) is 1.68. The number of aryl methyl sites for hydroxylation is 1. The van der Waals surface area contributed by atoms with E-state index in [0.29, 0.717) is 0 Å². The van der Waals surface area contributed by atoms with Crippen molar-refractivity contribution >= 4 is 5.97 Å². The molecule has 66 valence electrons. The van der Waals surface area contributed by atoms with Crippen molar-refractivity contribution in [3.05, 3.63) is 24.0 Å². The van der Waals surface area contributed by atoms with Gasteiger partial charge in [-0.1, -0.05) is 0 Å². The van der Waals surface area contributed by atoms with Crippen LogP contribution in [0.15, 0.2) is 18.5 Å². The number of rotatable bonds is 3. The van der Waals surface area contributed by atoms with Crippen LogP contribution in [0.1, 0.15) is 18.0 Å². The molecule has 1 rings (SSSR count). The molecule has 3 N–H and O–H groups in total. The van der Waals surface area contributed by atoms with Gasteiger partial charge in [0.05, 0.1) is 6.42 Å². The fraction of sp³-hybridized carbons (Fsp3) is 0.375. The largest absolute Gasteiger partial charge is 0.481 e. The molecule has 0 aliphatic carbocycles. The standard InChI is InChI=1S/C8H12N2O2/c1-10-3-2-6(5-10)7(9)4-8(11)12/h2-3,5,7H,4,9H2,1H3,(H,11,12)/t7-/m1/s1. The number of carboxylic acid groups (broad SMARTS) is 1. The van der Waals surface area contributed by atoms with Gasteiger partial charge in [0.15, 0.2) is 0 Å². The number of aliphatic carboxylic acids is 1. The highest BCUT2D eigenvalue weighted by atomic mass is 16.4. The zero-order valence-corrected chi connectivity index (χ0v) is 6.90. The summed E-state index contributed by atoms with van der Waals surface area (Å²) in [7, 11) is 1.87. The number of aromatic nitrogens is 1. The van der Waals surface area contributed by atoms with Gasteiger partial charge in [-0.2, -0.15) is 0 Å². The number of hydrogen-bond acceptors (Lipinski definition) is 2. The molecule has 0 aliphatic rings. The molecule has 0 unspecified atom stereocenters. The maximum atomic E-state index is 10.3. The Morgan fingerprint density at radius 3 is 2.92 bits per heavy atom. The third-order valence-corrected chi connectivity index (χ3v) is 1.68. The zero-order chi connectivity index (χ0) is 9.14. The molecule has 0 aromatic carbocycles. The van der Waals surface area contributed by atoms with Crippen LogP contribution in [0.3, 0.4) is 0 Å². The predicted molar refractivity (Wildman–Crippen MR) is 44.6 cm³/mol. The maximum absolute atomic E-state index is 10.3. The normalized spacial score (nSPS) is 12.8. The number of nitrogens with zero attached hydrogens (tertiary/aromatic N) is 1. The summed E-state index contributed by atoms with van der Waals surface area (Å²) in [5, 5.41) is 8.47. The van der Waals surface area contributed by atoms with Crippen molar-refractivity contribution in [3.8, 4) is 0 Å². The molecule has 4 nitrogen and oxygen atoms in total. The lowest BCUT2D eigenvalue weighted by Gasteiger charge is -2.04. The van der Waals surface area contributed by atoms with Crippen molar-refractivity contribution in [2.24, 2.45) is 12.8 Å². The monoisotopic (exact) mass is 168 g/mol. The second-order valence-corrected chi connectivity index (χ2v) is 2.81. The molecule has 0 bridgehead atoms. The van der Waals surface area contributed by atoms with E-state index in [1.165, 1.54) is 0 Å². The lowest BCUT2D eigenvalue weighted by atomic mass is 10.1. The van der Waals surface area contributed by atoms with Gasteiger partial charge in [0.1, 0.15) is 0 Å². The molecule has 4 heteroatoms. The highest BCUT2D eigenvalue weighted by Gasteiger charge is 2.10. The molecule has 0 saturated heterocycles. The minimum atomic E-state index is -0.869. The Labute approximate surface area is 70.6 Å². The molecule has 0 radical (unpaired) electrons. The molecule has 12 heavy (non-hydrogen) atoms. The van der Waals surface area contributed by atoms with Crippen LogP contribution in [0.4, 0.5) is 0 Å². The van der Waals surface area contributed by atoms with E-state index < -0.39 is 12.0 Å². The average molecular weight is 168 g/mol. The van der Waals surface area contributed by atoms with Crippen LogP contribution in [-0.4, -0.2) is 15.6 Å². The predicted octanol–water partition coefficient (Wildman–Crippen LogP) is 0.500. The highest BCUT2D eigenvalue weighted by molar-refractivity contribution is 5.67. The second-order valence-electron chi connectivity index (χ2n) is 2.81. The maximum Gasteiger partial charge on any atom is 0.305 e. The van der Waals surface area contributed by atoms with Crippen LogP contribution in [-0.2, 0) is 11.8 Å². The molecular weight excluding hydrogens is 156 g/mol. The van der Waals surface area contributed by atoms with E-state index in [4.69, 9.17) is 10.8 Å². The first-order chi connectivity index (χ1) is 5.59. The molecular formula is C8H12N2O2. The SMILES string of the molecule is Cn1ccc([C@H](N)CC(=O)O)c1. The third kappa shape index (κ3) is 2.10. The first-order valence-electron chi connectivity index (χ1n) is 3.69. The van der Waals surface area contributed by atoms with Crippen molar-refractivity contribution in [2.75, 3.05) is 0 Å². The molecule has 0 fully saturated rings. The van der Waals surface area contributed by atoms with Crippen LogP contribution < -0.4 is 5.73 Å². The summed E-state index contributed by atoms with van der Waals surface area (Å²) >= 11 is 0. The van der Waals surface area contributed by atoms with E-state index >= 15 is 0 Å². The van der Waals surface area contributed by atoms with Crippen molar-refractivity contribution < 1.29 is 9.90 Å². The molecule has 1 aromatic heterocycles. The smallest absolute Gasteiger partial charge is 0.305 e. The van der Waals surface area contributed by atoms with Gasteiger partial charge in [0.2, 0.25) is 0 Å². The highest BCUT2D eigenvalue weighted by Crippen LogP contribution is 2.13. The Morgan fingerprint density at radius 2 is 2.50 bits per heavy atom. The van der Waals surface area contributed by atoms with E-state index in [0.717, 1.165) is 5.56 Å². The summed E-state index contributed by atoms with van der Waals surface area (Å²) in [4.78, 5) is 10.3. The Balaban J connectivity index is 2.64. The average Bonchev–Trinajstić information content (AvgIpc) is 2.34. The quantitative estimate of drug-likeness (QED) is 0.690. The zero-order valence-electron chi connectivity index (χ0n) is 6.90. The summed E-state index contributed by atoms with van der Waals surface area (Å²) in [5.41, 5.74) is 6.48. The van der Waals surface area contributed by atoms with Gasteiger partial charge >= 0.3 is 5.97 Å². The van der Waals surface area contributed by atoms with Crippen molar-refractivity contribution in [1.29, 1.82) is 0 Å². The minimum Gasteiger partial charge on any atom is -0.481 e. The van der Waals surface area contributed by atoms with Gasteiger partial charge in [0.25, 0.3) is 0 Å². The Morgan fingerprint density at radius 1 is 1.83 bits per heavy atom. The molecule has 1 atom stereocenters. The topological polar surface area (TPSA) is 68.2 Å². The second kappa shape index (κ2) is 3.40. The fourth-order valence-corrected chi connectivity index (χ4v) is 1.05. The summed E-state index contributed by atoms with van der Waals surface area (Å²) < 4.78 is 1.84. The molecule has 0 aliphatic heterocycles. The van der Waals surface area contributed by atoms with Crippen LogP contribution in [0.5, 0.6) is 0 Å². The Bertz CT molecular complexity index is 280. The van der Waals surface area contributed by atoms with Gasteiger partial charge in [-0.3, -0.25) is 4.79 Å². The van der Waals surface area contributed by atoms with E-state index in [9.17, 15) is 4.79 Å². The van der Waals surface area contributed by atoms with Crippen LogP contribution in [0, 0.1) is 0 Å². The van der Waals surface area contributed by atoms with Gasteiger partial charge in [-0.25, -0.2) is 0 Å². The molecule has 1 heterocycles. The Kier molecular flexibility index (Phi) is 2.50. The van der Waals surface area contributed by atoms with Crippen LogP contribution in [0.2, 0.25) is 0 Å². The number of carbonyl (C=O) groups is 1. The van der Waals surface area contributed by atoms with E-state index in [1.54, 1.807) is 0 Å². The van der Waals surface area contributed by atoms with Crippen molar-refractivity contribution in [3.63, 3.8) is 0 Å². The van der Waals surface area contributed by atoms with Gasteiger partial charge in [-0.05, 0) is 11.6 Å². The first kappa shape index (κ1) is 8.80. The van der Waals surface area contributed by atoms with Gasteiger partial charge in [0, 0.05) is 25.5 Å². The van der Waals surface area contributed by atoms with Crippen molar-refractivity contribution in [2.45, 2.75) is 12.5 Å². The minimum absolute atomic E-state index is 0.0238. The lowest BCUT2D eigenvalue weighted by molar-refractivity contribution is -0.137. The van der Waals surface area contributed by atoms with E-state index in [-0.39, 0.29) is 6.42 Å². The number of hydrogen-bond donors (Lipinski definition) is 2. The summed E-state index contributed by atoms with van der Waals surface area (Å²) in [6, 6.07) is 1.43. The number of nitrogens with two attached hydrogens (primary N) is 1. The van der Waals surface area contributed by atoms with E-state index in [1.807, 2.05) is 30.1 Å². The van der Waals surface area contributed by atoms with Crippen LogP contribution in [0.25, 0.3) is 0 Å². The van der Waals surface area contributed by atoms with E-state index in [2.05, 4.69) is 0 Å². The van der Waals surface area contributed by atoms with Crippen molar-refractivity contribution in [1.82, 2.24) is 4.57 Å². The summed E-state index contributed by atoms with van der Waals surface area (Å²) in [6.45, 7) is 0.